The van der Waals surface area contributed by atoms with Crippen LogP contribution in [0.4, 0.5) is 5.69 Å². The molecule has 182 valence electrons. The van der Waals surface area contributed by atoms with Gasteiger partial charge in [-0.2, -0.15) is 10.4 Å². The van der Waals surface area contributed by atoms with Crippen molar-refractivity contribution in [1.82, 2.24) is 20.1 Å². The maximum absolute atomic E-state index is 13.9. The largest absolute Gasteiger partial charge is 0.489 e. The fourth-order valence-electron chi connectivity index (χ4n) is 6.63. The molecule has 2 saturated carbocycles. The molecule has 9 heteroatoms. The number of amides is 2. The van der Waals surface area contributed by atoms with Crippen molar-refractivity contribution < 1.29 is 14.3 Å². The van der Waals surface area contributed by atoms with Crippen molar-refractivity contribution in [3.05, 3.63) is 48.3 Å². The Morgan fingerprint density at radius 2 is 2.08 bits per heavy atom. The zero-order chi connectivity index (χ0) is 24.4. The molecule has 36 heavy (non-hydrogen) atoms. The number of carbonyl (C=O) groups is 2. The zero-order valence-electron chi connectivity index (χ0n) is 19.8. The van der Waals surface area contributed by atoms with Crippen LogP contribution in [-0.4, -0.2) is 57.1 Å². The summed E-state index contributed by atoms with van der Waals surface area (Å²) in [5.74, 6) is 1.33. The van der Waals surface area contributed by atoms with Crippen LogP contribution in [0.5, 0.6) is 5.75 Å². The van der Waals surface area contributed by atoms with E-state index >= 15 is 0 Å². The number of fused-ring (bicyclic) bond motifs is 4. The van der Waals surface area contributed by atoms with E-state index in [0.717, 1.165) is 41.5 Å². The highest BCUT2D eigenvalue weighted by molar-refractivity contribution is 6.10. The Balaban J connectivity index is 1.09. The number of nitrogens with zero attached hydrogens (tertiary/aromatic N) is 5. The van der Waals surface area contributed by atoms with Crippen molar-refractivity contribution >= 4 is 28.5 Å². The lowest BCUT2D eigenvalue weighted by Gasteiger charge is -2.36. The third-order valence-corrected chi connectivity index (χ3v) is 8.62. The minimum atomic E-state index is -0.634. The Hall–Kier alpha value is -3.93. The number of ether oxygens (including phenoxy) is 1. The van der Waals surface area contributed by atoms with Crippen molar-refractivity contribution in [1.29, 1.82) is 5.26 Å². The molecule has 9 nitrogen and oxygen atoms in total. The van der Waals surface area contributed by atoms with Gasteiger partial charge in [-0.25, -0.2) is 4.98 Å². The molecule has 1 spiro atoms. The summed E-state index contributed by atoms with van der Waals surface area (Å²) in [6.07, 6.45) is 7.23. The molecule has 2 aliphatic heterocycles. The number of benzene rings is 1. The van der Waals surface area contributed by atoms with Gasteiger partial charge in [0.25, 0.3) is 0 Å². The maximum Gasteiger partial charge on any atom is 0.243 e. The van der Waals surface area contributed by atoms with Crippen LogP contribution >= 0.6 is 0 Å². The van der Waals surface area contributed by atoms with Crippen LogP contribution in [0.25, 0.3) is 11.0 Å². The lowest BCUT2D eigenvalue weighted by Crippen LogP contribution is -2.49. The van der Waals surface area contributed by atoms with Crippen molar-refractivity contribution in [3.63, 3.8) is 0 Å². The predicted octanol–water partition coefficient (Wildman–Crippen LogP) is 2.93. The molecular formula is C27H26N6O3. The molecule has 2 aliphatic carbocycles. The van der Waals surface area contributed by atoms with E-state index in [1.54, 1.807) is 22.2 Å². The first kappa shape index (κ1) is 21.4. The van der Waals surface area contributed by atoms with Crippen molar-refractivity contribution in [2.24, 2.45) is 11.8 Å². The first-order chi connectivity index (χ1) is 17.6. The van der Waals surface area contributed by atoms with Crippen LogP contribution in [-0.2, 0) is 15.0 Å². The number of para-hydroxylation sites is 1. The van der Waals surface area contributed by atoms with Crippen molar-refractivity contribution in [2.75, 3.05) is 18.0 Å². The average Bonchev–Trinajstić information content (AvgIpc) is 3.25. The van der Waals surface area contributed by atoms with Gasteiger partial charge in [-0.15, -0.1) is 0 Å². The van der Waals surface area contributed by atoms with Gasteiger partial charge in [0.2, 0.25) is 11.8 Å². The third kappa shape index (κ3) is 3.13. The number of hydrogen-bond donors (Lipinski definition) is 1. The summed E-state index contributed by atoms with van der Waals surface area (Å²) in [5, 5.41) is 17.3. The van der Waals surface area contributed by atoms with Gasteiger partial charge in [0.05, 0.1) is 30.0 Å². The zero-order valence-corrected chi connectivity index (χ0v) is 19.8. The minimum Gasteiger partial charge on any atom is -0.489 e. The second-order valence-corrected chi connectivity index (χ2v) is 10.6. The highest BCUT2D eigenvalue weighted by Gasteiger charge is 2.56. The second-order valence-electron chi connectivity index (χ2n) is 10.6. The van der Waals surface area contributed by atoms with Crippen LogP contribution in [0.3, 0.4) is 0 Å². The fraction of sp³-hybridized carbons (Fsp3) is 0.444. The predicted molar refractivity (Wildman–Crippen MR) is 130 cm³/mol. The summed E-state index contributed by atoms with van der Waals surface area (Å²) in [6, 6.07) is 11.7. The van der Waals surface area contributed by atoms with E-state index in [-0.39, 0.29) is 30.5 Å². The van der Waals surface area contributed by atoms with E-state index in [0.29, 0.717) is 37.0 Å². The highest BCUT2D eigenvalue weighted by atomic mass is 16.5. The Labute approximate surface area is 208 Å². The molecule has 2 aromatic heterocycles. The molecule has 1 aromatic carbocycles. The van der Waals surface area contributed by atoms with E-state index in [1.165, 1.54) is 0 Å². The molecule has 3 unspecified atom stereocenters. The molecule has 4 aliphatic rings. The molecule has 3 atom stereocenters. The molecule has 3 fully saturated rings. The van der Waals surface area contributed by atoms with E-state index in [9.17, 15) is 14.9 Å². The van der Waals surface area contributed by atoms with Crippen molar-refractivity contribution in [3.8, 4) is 11.8 Å². The number of aromatic amines is 1. The van der Waals surface area contributed by atoms with Gasteiger partial charge in [-0.1, -0.05) is 18.2 Å². The molecule has 7 rings (SSSR count). The maximum atomic E-state index is 13.9. The number of likely N-dealkylation sites (tertiary alicyclic amines) is 1. The van der Waals surface area contributed by atoms with E-state index in [1.807, 2.05) is 30.3 Å². The normalized spacial score (nSPS) is 30.4. The van der Waals surface area contributed by atoms with Gasteiger partial charge in [0.15, 0.2) is 5.65 Å². The second kappa shape index (κ2) is 7.79. The average molecular weight is 483 g/mol. The Bertz CT molecular complexity index is 1420. The van der Waals surface area contributed by atoms with Crippen molar-refractivity contribution in [2.45, 2.75) is 49.7 Å². The number of nitriles is 1. The molecule has 3 aromatic rings. The fourth-order valence-corrected chi connectivity index (χ4v) is 6.63. The molecule has 1 saturated heterocycles. The Morgan fingerprint density at radius 1 is 1.25 bits per heavy atom. The summed E-state index contributed by atoms with van der Waals surface area (Å²) in [5.41, 5.74) is 1.91. The summed E-state index contributed by atoms with van der Waals surface area (Å²) in [4.78, 5) is 34.9. The van der Waals surface area contributed by atoms with Gasteiger partial charge in [0, 0.05) is 17.6 Å². The van der Waals surface area contributed by atoms with Gasteiger partial charge in [-0.3, -0.25) is 14.7 Å². The van der Waals surface area contributed by atoms with E-state index < -0.39 is 5.41 Å². The van der Waals surface area contributed by atoms with E-state index in [4.69, 9.17) is 4.74 Å². The van der Waals surface area contributed by atoms with Gasteiger partial charge < -0.3 is 14.5 Å². The molecule has 2 amide bonds. The summed E-state index contributed by atoms with van der Waals surface area (Å²) in [6.45, 7) is 0.626. The summed E-state index contributed by atoms with van der Waals surface area (Å²) < 4.78 is 6.24. The molecule has 0 radical (unpaired) electrons. The third-order valence-electron chi connectivity index (χ3n) is 8.62. The van der Waals surface area contributed by atoms with Gasteiger partial charge in [-0.05, 0) is 61.6 Å². The van der Waals surface area contributed by atoms with Crippen LogP contribution in [0.1, 0.15) is 37.7 Å². The number of rotatable bonds is 4. The molecule has 0 bridgehead atoms. The number of piperidine rings is 1. The lowest BCUT2D eigenvalue weighted by molar-refractivity contribution is -0.133. The summed E-state index contributed by atoms with van der Waals surface area (Å²) in [7, 11) is 0. The minimum absolute atomic E-state index is 0.00477. The first-order valence-corrected chi connectivity index (χ1v) is 12.6. The first-order valence-electron chi connectivity index (χ1n) is 12.6. The molecule has 1 N–H and O–H groups in total. The molecular weight excluding hydrogens is 456 g/mol. The smallest absolute Gasteiger partial charge is 0.243 e. The Morgan fingerprint density at radius 3 is 2.92 bits per heavy atom. The molecule has 4 heterocycles. The SMILES string of the molecule is N#CC1C2CC2CN1C(=O)CN1C(=O)C2(CCC(Oc3cnc4[nH]ncc4c3)CC2)c2ccccc21. The van der Waals surface area contributed by atoms with Crippen LogP contribution in [0.2, 0.25) is 0 Å². The van der Waals surface area contributed by atoms with E-state index in [2.05, 4.69) is 21.3 Å². The topological polar surface area (TPSA) is 115 Å². The van der Waals surface area contributed by atoms with Crippen LogP contribution in [0, 0.1) is 23.2 Å². The Kier molecular flexibility index (Phi) is 4.62. The number of H-pyrrole nitrogens is 1. The number of carbonyl (C=O) groups excluding carboxylic acids is 2. The van der Waals surface area contributed by atoms with Gasteiger partial charge >= 0.3 is 0 Å². The number of anilines is 1. The van der Waals surface area contributed by atoms with Crippen LogP contribution < -0.4 is 9.64 Å². The number of pyridine rings is 1. The lowest BCUT2D eigenvalue weighted by atomic mass is 9.69. The van der Waals surface area contributed by atoms with Crippen LogP contribution in [0.15, 0.2) is 42.7 Å². The van der Waals surface area contributed by atoms with Gasteiger partial charge in [0.1, 0.15) is 18.3 Å². The monoisotopic (exact) mass is 482 g/mol. The number of nitrogens with one attached hydrogen (secondary N) is 1. The number of hydrogen-bond acceptors (Lipinski definition) is 6. The number of aromatic nitrogens is 3. The summed E-state index contributed by atoms with van der Waals surface area (Å²) >= 11 is 0. The highest BCUT2D eigenvalue weighted by Crippen LogP contribution is 2.51. The standard InChI is InChI=1S/C27H26N6O3/c28-11-23-20-10-17(20)14-32(23)24(34)15-33-22-4-2-1-3-21(22)27(26(33)35)7-5-18(6-8-27)36-19-9-16-12-30-31-25(16)29-13-19/h1-4,9,12-13,17-18,20,23H,5-8,10,14-15H2,(H,29,30,31). The quantitative estimate of drug-likeness (QED) is 0.611.